The molecule has 11 heavy (non-hydrogen) atoms. The summed E-state index contributed by atoms with van der Waals surface area (Å²) in [5.74, 6) is 1.43. The zero-order valence-electron chi connectivity index (χ0n) is 8.69. The fraction of sp³-hybridized carbons (Fsp3) is 0.875. The largest absolute Gasteiger partial charge is 0.415 e. The fourth-order valence-electron chi connectivity index (χ4n) is 1.04. The molecule has 0 N–H and O–H groups in total. The Morgan fingerprint density at radius 2 is 1.82 bits per heavy atom. The van der Waals surface area contributed by atoms with E-state index in [-0.39, 0.29) is 0 Å². The molecule has 0 amide bonds. The Bertz CT molecular complexity index is 107. The number of rotatable bonds is 4. The van der Waals surface area contributed by atoms with Crippen molar-refractivity contribution in [2.45, 2.75) is 45.6 Å². The maximum Gasteiger partial charge on any atom is 0.184 e. The van der Waals surface area contributed by atoms with Gasteiger partial charge in [-0.3, -0.25) is 0 Å². The molecule has 0 aromatic heterocycles. The van der Waals surface area contributed by atoms with Gasteiger partial charge in [0.25, 0.3) is 0 Å². The molecule has 0 aromatic carbocycles. The van der Waals surface area contributed by atoms with Gasteiger partial charge in [-0.25, -0.2) is 0 Å². The highest BCUT2D eigenvalue weighted by molar-refractivity contribution is 6.69. The predicted molar refractivity (Wildman–Crippen MR) is 57.6 cm³/mol. The van der Waals surface area contributed by atoms with Gasteiger partial charge in [0.05, 0.1) is 0 Å². The van der Waals surface area contributed by atoms with Crippen LogP contribution in [0.1, 0.15) is 13.8 Å². The summed E-state index contributed by atoms with van der Waals surface area (Å²) in [6, 6.07) is 1.24. The molecular formula is C8H21OSi2. The first-order chi connectivity index (χ1) is 4.87. The molecule has 0 aromatic rings. The zero-order chi connectivity index (χ0) is 9.07. The van der Waals surface area contributed by atoms with Crippen LogP contribution >= 0.6 is 0 Å². The van der Waals surface area contributed by atoms with E-state index in [1.165, 1.54) is 22.2 Å². The van der Waals surface area contributed by atoms with Crippen molar-refractivity contribution in [2.75, 3.05) is 0 Å². The van der Waals surface area contributed by atoms with E-state index in [2.05, 4.69) is 33.5 Å². The molecule has 0 saturated carbocycles. The minimum Gasteiger partial charge on any atom is -0.415 e. The second-order valence-electron chi connectivity index (χ2n) is 4.20. The standard InChI is InChI=1S/C8H21OSi2/c1-7(2)8(6-10)9-11(3,4)5/h8H,6H2,1-5,10H3. The van der Waals surface area contributed by atoms with Crippen molar-refractivity contribution in [3.63, 3.8) is 0 Å². The average molecular weight is 189 g/mol. The van der Waals surface area contributed by atoms with E-state index >= 15 is 0 Å². The third kappa shape index (κ3) is 5.64. The molecule has 3 heteroatoms. The van der Waals surface area contributed by atoms with Gasteiger partial charge in [-0.2, -0.15) is 0 Å². The summed E-state index contributed by atoms with van der Waals surface area (Å²) in [5, 5.41) is 0. The third-order valence-electron chi connectivity index (χ3n) is 1.51. The van der Waals surface area contributed by atoms with E-state index < -0.39 is 8.32 Å². The van der Waals surface area contributed by atoms with Crippen LogP contribution in [0.25, 0.3) is 0 Å². The van der Waals surface area contributed by atoms with Crippen LogP contribution in [-0.2, 0) is 4.43 Å². The maximum atomic E-state index is 5.98. The maximum absolute atomic E-state index is 5.98. The number of hydrogen-bond donors (Lipinski definition) is 0. The van der Waals surface area contributed by atoms with Gasteiger partial charge in [-0.1, -0.05) is 13.8 Å². The lowest BCUT2D eigenvalue weighted by Gasteiger charge is -2.27. The molecule has 1 nitrogen and oxygen atoms in total. The van der Waals surface area contributed by atoms with Crippen molar-refractivity contribution in [1.82, 2.24) is 0 Å². The SMILES string of the molecule is C[C](C)C(C[SiH3])O[Si](C)(C)C. The summed E-state index contributed by atoms with van der Waals surface area (Å²) in [4.78, 5) is 0. The zero-order valence-corrected chi connectivity index (χ0v) is 11.7. The minimum absolute atomic E-state index is 0.452. The fourth-order valence-corrected chi connectivity index (χ4v) is 3.61. The molecule has 1 radical (unpaired) electrons. The van der Waals surface area contributed by atoms with Crippen LogP contribution in [0.2, 0.25) is 25.7 Å². The van der Waals surface area contributed by atoms with Crippen LogP contribution in [0.15, 0.2) is 0 Å². The van der Waals surface area contributed by atoms with Crippen molar-refractivity contribution in [3.8, 4) is 0 Å². The van der Waals surface area contributed by atoms with Crippen LogP contribution in [0.5, 0.6) is 0 Å². The Balaban J connectivity index is 3.88. The molecule has 0 saturated heterocycles. The summed E-state index contributed by atoms with van der Waals surface area (Å²) in [6.07, 6.45) is 0.452. The molecule has 0 rings (SSSR count). The summed E-state index contributed by atoms with van der Waals surface area (Å²) in [6.45, 7) is 11.1. The van der Waals surface area contributed by atoms with Gasteiger partial charge in [-0.15, -0.1) is 0 Å². The summed E-state index contributed by atoms with van der Waals surface area (Å²) < 4.78 is 5.98. The van der Waals surface area contributed by atoms with Crippen molar-refractivity contribution in [1.29, 1.82) is 0 Å². The van der Waals surface area contributed by atoms with Crippen LogP contribution in [-0.4, -0.2) is 24.7 Å². The molecule has 0 aliphatic rings. The average Bonchev–Trinajstić information content (AvgIpc) is 1.80. The van der Waals surface area contributed by atoms with Crippen LogP contribution in [0.3, 0.4) is 0 Å². The molecule has 0 aliphatic carbocycles. The van der Waals surface area contributed by atoms with Gasteiger partial charge in [0.2, 0.25) is 0 Å². The molecular weight excluding hydrogens is 168 g/mol. The monoisotopic (exact) mass is 189 g/mol. The van der Waals surface area contributed by atoms with Gasteiger partial charge in [0, 0.05) is 16.3 Å². The Morgan fingerprint density at radius 3 is 1.91 bits per heavy atom. The Labute approximate surface area is 75.1 Å². The highest BCUT2D eigenvalue weighted by Crippen LogP contribution is 2.17. The van der Waals surface area contributed by atoms with Gasteiger partial charge in [-0.05, 0) is 31.6 Å². The highest BCUT2D eigenvalue weighted by Gasteiger charge is 2.21. The molecule has 1 atom stereocenters. The Kier molecular flexibility index (Phi) is 4.59. The quantitative estimate of drug-likeness (QED) is 0.611. The van der Waals surface area contributed by atoms with E-state index in [1.807, 2.05) is 0 Å². The van der Waals surface area contributed by atoms with Gasteiger partial charge in [0.1, 0.15) is 0 Å². The van der Waals surface area contributed by atoms with E-state index in [4.69, 9.17) is 4.43 Å². The molecule has 0 aliphatic heterocycles. The normalized spacial score (nSPS) is 15.8. The van der Waals surface area contributed by atoms with Crippen LogP contribution < -0.4 is 0 Å². The number of hydrogen-bond acceptors (Lipinski definition) is 1. The Hall–Kier alpha value is 0.394. The van der Waals surface area contributed by atoms with E-state index in [1.54, 1.807) is 0 Å². The second-order valence-corrected chi connectivity index (χ2v) is 9.48. The first kappa shape index (κ1) is 11.4. The van der Waals surface area contributed by atoms with Crippen molar-refractivity contribution >= 4 is 18.6 Å². The van der Waals surface area contributed by atoms with Gasteiger partial charge >= 0.3 is 0 Å². The third-order valence-corrected chi connectivity index (χ3v) is 3.24. The second kappa shape index (κ2) is 4.43. The van der Waals surface area contributed by atoms with Crippen LogP contribution in [0, 0.1) is 5.92 Å². The first-order valence-corrected chi connectivity index (χ1v) is 9.17. The lowest BCUT2D eigenvalue weighted by Crippen LogP contribution is -2.33. The summed E-state index contributed by atoms with van der Waals surface area (Å²) >= 11 is 0. The van der Waals surface area contributed by atoms with E-state index in [0.717, 1.165) is 0 Å². The molecule has 67 valence electrons. The van der Waals surface area contributed by atoms with Gasteiger partial charge in [0.15, 0.2) is 8.32 Å². The smallest absolute Gasteiger partial charge is 0.184 e. The van der Waals surface area contributed by atoms with Crippen LogP contribution in [0.4, 0.5) is 0 Å². The lowest BCUT2D eigenvalue weighted by molar-refractivity contribution is 0.228. The molecule has 0 heterocycles. The molecule has 0 spiro atoms. The van der Waals surface area contributed by atoms with Gasteiger partial charge < -0.3 is 4.43 Å². The molecule has 0 fully saturated rings. The summed E-state index contributed by atoms with van der Waals surface area (Å²) in [5.41, 5.74) is 0. The van der Waals surface area contributed by atoms with Crippen molar-refractivity contribution in [2.24, 2.45) is 0 Å². The van der Waals surface area contributed by atoms with E-state index in [0.29, 0.717) is 6.10 Å². The molecule has 0 bridgehead atoms. The molecule has 1 unspecified atom stereocenters. The minimum atomic E-state index is -1.30. The van der Waals surface area contributed by atoms with E-state index in [9.17, 15) is 0 Å². The highest BCUT2D eigenvalue weighted by atomic mass is 28.4. The topological polar surface area (TPSA) is 9.23 Å². The lowest BCUT2D eigenvalue weighted by atomic mass is 10.1. The first-order valence-electron chi connectivity index (χ1n) is 4.34. The Morgan fingerprint density at radius 1 is 1.36 bits per heavy atom. The predicted octanol–water partition coefficient (Wildman–Crippen LogP) is 1.60. The van der Waals surface area contributed by atoms with Crippen molar-refractivity contribution in [3.05, 3.63) is 5.92 Å². The summed E-state index contributed by atoms with van der Waals surface area (Å²) in [7, 11) is -0.0629. The van der Waals surface area contributed by atoms with Crippen molar-refractivity contribution < 1.29 is 4.43 Å².